The van der Waals surface area contributed by atoms with E-state index in [9.17, 15) is 4.79 Å². The summed E-state index contributed by atoms with van der Waals surface area (Å²) in [6, 6.07) is 1.72. The summed E-state index contributed by atoms with van der Waals surface area (Å²) in [5, 5.41) is 12.5. The van der Waals surface area contributed by atoms with Crippen LogP contribution in [0.25, 0.3) is 0 Å². The fourth-order valence-electron chi connectivity index (χ4n) is 1.81. The summed E-state index contributed by atoms with van der Waals surface area (Å²) in [5.41, 5.74) is 0. The van der Waals surface area contributed by atoms with Crippen LogP contribution in [0.3, 0.4) is 0 Å². The van der Waals surface area contributed by atoms with Gasteiger partial charge in [-0.1, -0.05) is 5.16 Å². The van der Waals surface area contributed by atoms with Gasteiger partial charge in [0.15, 0.2) is 5.82 Å². The van der Waals surface area contributed by atoms with Crippen LogP contribution >= 0.6 is 0 Å². The van der Waals surface area contributed by atoms with Crippen molar-refractivity contribution in [1.29, 1.82) is 0 Å². The van der Waals surface area contributed by atoms with E-state index in [-0.39, 0.29) is 6.42 Å². The van der Waals surface area contributed by atoms with Gasteiger partial charge in [0.2, 0.25) is 0 Å². The van der Waals surface area contributed by atoms with Gasteiger partial charge in [0.05, 0.1) is 0 Å². The molecular formula is C10H14N2O3. The van der Waals surface area contributed by atoms with E-state index >= 15 is 0 Å². The summed E-state index contributed by atoms with van der Waals surface area (Å²) in [6.07, 6.45) is 3.50. The molecule has 5 nitrogen and oxygen atoms in total. The van der Waals surface area contributed by atoms with Crippen molar-refractivity contribution >= 4 is 11.8 Å². The lowest BCUT2D eigenvalue weighted by molar-refractivity contribution is -0.136. The van der Waals surface area contributed by atoms with Crippen LogP contribution in [0.5, 0.6) is 0 Å². The molecule has 0 saturated carbocycles. The van der Waals surface area contributed by atoms with Crippen molar-refractivity contribution < 1.29 is 14.4 Å². The lowest BCUT2D eigenvalue weighted by Crippen LogP contribution is -2.29. The van der Waals surface area contributed by atoms with E-state index in [2.05, 4.69) is 10.1 Å². The number of carbonyl (C=O) groups is 1. The molecule has 0 amide bonds. The third kappa shape index (κ3) is 2.49. The molecule has 0 aliphatic carbocycles. The lowest BCUT2D eigenvalue weighted by Gasteiger charge is -2.25. The summed E-state index contributed by atoms with van der Waals surface area (Å²) < 4.78 is 4.96. The number of carboxylic acid groups (broad SMARTS) is 1. The van der Waals surface area contributed by atoms with Crippen LogP contribution in [0.2, 0.25) is 0 Å². The number of hydrogen-bond donors (Lipinski definition) is 1. The molecule has 1 fully saturated rings. The minimum atomic E-state index is -0.892. The van der Waals surface area contributed by atoms with Gasteiger partial charge in [0.25, 0.3) is 0 Å². The monoisotopic (exact) mass is 210 g/mol. The molecule has 82 valence electrons. The summed E-state index contributed by atoms with van der Waals surface area (Å²) >= 11 is 0. The van der Waals surface area contributed by atoms with E-state index < -0.39 is 5.97 Å². The molecule has 0 aromatic carbocycles. The average Bonchev–Trinajstić information content (AvgIpc) is 2.67. The maximum absolute atomic E-state index is 10.5. The van der Waals surface area contributed by atoms with Crippen molar-refractivity contribution in [2.45, 2.75) is 25.7 Å². The van der Waals surface area contributed by atoms with Crippen LogP contribution in [0.15, 0.2) is 10.6 Å². The summed E-state index contributed by atoms with van der Waals surface area (Å²) in [5.74, 6) is 0.297. The van der Waals surface area contributed by atoms with Gasteiger partial charge in [-0.15, -0.1) is 0 Å². The first-order valence-corrected chi connectivity index (χ1v) is 5.18. The van der Waals surface area contributed by atoms with Gasteiger partial charge < -0.3 is 14.5 Å². The Morgan fingerprint density at radius 2 is 2.20 bits per heavy atom. The van der Waals surface area contributed by atoms with Crippen LogP contribution in [-0.2, 0) is 11.2 Å². The molecule has 1 aromatic rings. The van der Waals surface area contributed by atoms with E-state index in [0.29, 0.717) is 5.76 Å². The van der Waals surface area contributed by atoms with Crippen molar-refractivity contribution in [2.75, 3.05) is 18.0 Å². The first-order valence-electron chi connectivity index (χ1n) is 5.18. The summed E-state index contributed by atoms with van der Waals surface area (Å²) in [7, 11) is 0. The van der Waals surface area contributed by atoms with E-state index in [1.165, 1.54) is 19.3 Å². The van der Waals surface area contributed by atoms with Crippen LogP contribution in [0, 0.1) is 0 Å². The Bertz CT molecular complexity index is 342. The Labute approximate surface area is 87.7 Å². The standard InChI is InChI=1S/C10H14N2O3/c13-10(14)7-8-6-9(11-15-8)12-4-2-1-3-5-12/h6H,1-5,7H2,(H,13,14). The number of rotatable bonds is 3. The van der Waals surface area contributed by atoms with Crippen LogP contribution < -0.4 is 4.90 Å². The number of carboxylic acids is 1. The summed E-state index contributed by atoms with van der Waals surface area (Å²) in [6.45, 7) is 1.97. The summed E-state index contributed by atoms with van der Waals surface area (Å²) in [4.78, 5) is 12.6. The predicted molar refractivity (Wildman–Crippen MR) is 53.9 cm³/mol. The van der Waals surface area contributed by atoms with Crippen molar-refractivity contribution in [2.24, 2.45) is 0 Å². The molecule has 0 radical (unpaired) electrons. The van der Waals surface area contributed by atoms with Gasteiger partial charge in [-0.2, -0.15) is 0 Å². The second kappa shape index (κ2) is 4.33. The van der Waals surface area contributed by atoms with E-state index in [0.717, 1.165) is 18.9 Å². The Balaban J connectivity index is 2.02. The molecule has 1 aliphatic heterocycles. The number of aromatic nitrogens is 1. The Kier molecular flexibility index (Phi) is 2.89. The third-order valence-electron chi connectivity index (χ3n) is 2.55. The van der Waals surface area contributed by atoms with Crippen LogP contribution in [0.4, 0.5) is 5.82 Å². The zero-order valence-electron chi connectivity index (χ0n) is 8.48. The Morgan fingerprint density at radius 1 is 1.47 bits per heavy atom. The van der Waals surface area contributed by atoms with Gasteiger partial charge >= 0.3 is 5.97 Å². The van der Waals surface area contributed by atoms with E-state index in [4.69, 9.17) is 9.63 Å². The topological polar surface area (TPSA) is 66.6 Å². The molecule has 1 N–H and O–H groups in total. The fourth-order valence-corrected chi connectivity index (χ4v) is 1.81. The molecule has 0 spiro atoms. The molecule has 0 unspecified atom stereocenters. The zero-order chi connectivity index (χ0) is 10.7. The molecular weight excluding hydrogens is 196 g/mol. The second-order valence-corrected chi connectivity index (χ2v) is 3.77. The minimum absolute atomic E-state index is 0.0964. The Hall–Kier alpha value is -1.52. The van der Waals surface area contributed by atoms with Crippen molar-refractivity contribution in [3.05, 3.63) is 11.8 Å². The first kappa shape index (κ1) is 10.0. The maximum atomic E-state index is 10.5. The van der Waals surface area contributed by atoms with Crippen molar-refractivity contribution in [3.63, 3.8) is 0 Å². The van der Waals surface area contributed by atoms with Gasteiger partial charge in [-0.25, -0.2) is 0 Å². The highest BCUT2D eigenvalue weighted by molar-refractivity contribution is 5.69. The molecule has 2 heterocycles. The predicted octanol–water partition coefficient (Wildman–Crippen LogP) is 1.29. The zero-order valence-corrected chi connectivity index (χ0v) is 8.48. The van der Waals surface area contributed by atoms with Crippen molar-refractivity contribution in [1.82, 2.24) is 5.16 Å². The van der Waals surface area contributed by atoms with Crippen molar-refractivity contribution in [3.8, 4) is 0 Å². The molecule has 2 rings (SSSR count). The molecule has 1 aromatic heterocycles. The second-order valence-electron chi connectivity index (χ2n) is 3.77. The SMILES string of the molecule is O=C(O)Cc1cc(N2CCCCC2)no1. The highest BCUT2D eigenvalue weighted by atomic mass is 16.5. The van der Waals surface area contributed by atoms with Crippen LogP contribution in [-0.4, -0.2) is 29.3 Å². The number of anilines is 1. The van der Waals surface area contributed by atoms with E-state index in [1.807, 2.05) is 0 Å². The molecule has 15 heavy (non-hydrogen) atoms. The lowest BCUT2D eigenvalue weighted by atomic mass is 10.1. The normalized spacial score (nSPS) is 16.7. The van der Waals surface area contributed by atoms with Gasteiger partial charge in [0, 0.05) is 19.2 Å². The number of nitrogens with zero attached hydrogens (tertiary/aromatic N) is 2. The van der Waals surface area contributed by atoms with Crippen LogP contribution in [0.1, 0.15) is 25.0 Å². The van der Waals surface area contributed by atoms with Gasteiger partial charge in [-0.05, 0) is 19.3 Å². The maximum Gasteiger partial charge on any atom is 0.311 e. The molecule has 5 heteroatoms. The van der Waals surface area contributed by atoms with Gasteiger partial charge in [0.1, 0.15) is 12.2 Å². The highest BCUT2D eigenvalue weighted by Crippen LogP contribution is 2.19. The molecule has 0 atom stereocenters. The molecule has 1 aliphatic rings. The number of aliphatic carboxylic acids is 1. The fraction of sp³-hybridized carbons (Fsp3) is 0.600. The number of piperidine rings is 1. The molecule has 1 saturated heterocycles. The smallest absolute Gasteiger partial charge is 0.311 e. The van der Waals surface area contributed by atoms with Gasteiger partial charge in [-0.3, -0.25) is 4.79 Å². The van der Waals surface area contributed by atoms with E-state index in [1.54, 1.807) is 6.07 Å². The average molecular weight is 210 g/mol. The minimum Gasteiger partial charge on any atom is -0.481 e. The number of hydrogen-bond acceptors (Lipinski definition) is 4. The quantitative estimate of drug-likeness (QED) is 0.814. The molecule has 0 bridgehead atoms. The third-order valence-corrected chi connectivity index (χ3v) is 2.55. The largest absolute Gasteiger partial charge is 0.481 e. The Morgan fingerprint density at radius 3 is 2.87 bits per heavy atom. The first-order chi connectivity index (χ1) is 7.25. The highest BCUT2D eigenvalue weighted by Gasteiger charge is 2.15.